The van der Waals surface area contributed by atoms with Gasteiger partial charge in [0, 0.05) is 6.04 Å². The highest BCUT2D eigenvalue weighted by molar-refractivity contribution is 7.89. The molecule has 0 radical (unpaired) electrons. The van der Waals surface area contributed by atoms with Crippen LogP contribution < -0.4 is 4.72 Å². The Hall–Kier alpha value is -1.07. The summed E-state index contributed by atoms with van der Waals surface area (Å²) in [6.45, 7) is 0. The van der Waals surface area contributed by atoms with E-state index in [9.17, 15) is 8.42 Å². The summed E-state index contributed by atoms with van der Waals surface area (Å²) in [7, 11) is -3.78. The van der Waals surface area contributed by atoms with Crippen LogP contribution in [0.5, 0.6) is 0 Å². The molecule has 0 spiro atoms. The monoisotopic (exact) mass is 355 g/mol. The van der Waals surface area contributed by atoms with E-state index in [-0.39, 0.29) is 21.0 Å². The molecule has 2 aromatic carbocycles. The lowest BCUT2D eigenvalue weighted by Gasteiger charge is -2.26. The molecule has 1 N–H and O–H groups in total. The van der Waals surface area contributed by atoms with Crippen LogP contribution in [-0.4, -0.2) is 8.42 Å². The number of rotatable bonds is 3. The molecule has 0 heterocycles. The fourth-order valence-corrected chi connectivity index (χ4v) is 5.26. The van der Waals surface area contributed by atoms with Crippen molar-refractivity contribution in [2.24, 2.45) is 0 Å². The summed E-state index contributed by atoms with van der Waals surface area (Å²) in [5, 5.41) is 0.258. The Morgan fingerprint density at radius 3 is 2.41 bits per heavy atom. The molecule has 6 heteroatoms. The van der Waals surface area contributed by atoms with Crippen molar-refractivity contribution < 1.29 is 8.42 Å². The molecular formula is C16H15Cl2NO2S. The summed E-state index contributed by atoms with van der Waals surface area (Å²) in [5.74, 6) is 0. The van der Waals surface area contributed by atoms with Crippen molar-refractivity contribution in [3.8, 4) is 0 Å². The second kappa shape index (κ2) is 6.20. The predicted octanol–water partition coefficient (Wildman–Crippen LogP) is 4.35. The molecule has 1 aliphatic carbocycles. The van der Waals surface area contributed by atoms with Crippen molar-refractivity contribution >= 4 is 33.2 Å². The van der Waals surface area contributed by atoms with Crippen molar-refractivity contribution in [1.29, 1.82) is 0 Å². The number of nitrogens with one attached hydrogen (secondary N) is 1. The molecule has 3 rings (SSSR count). The Morgan fingerprint density at radius 1 is 1.00 bits per heavy atom. The molecule has 0 aromatic heterocycles. The highest BCUT2D eigenvalue weighted by Crippen LogP contribution is 2.34. The van der Waals surface area contributed by atoms with Crippen LogP contribution in [0.2, 0.25) is 10.0 Å². The lowest BCUT2D eigenvalue weighted by Crippen LogP contribution is -2.31. The summed E-state index contributed by atoms with van der Waals surface area (Å²) in [6.07, 6.45) is 2.68. The molecule has 0 saturated heterocycles. The van der Waals surface area contributed by atoms with Crippen LogP contribution >= 0.6 is 23.2 Å². The molecule has 0 fully saturated rings. The molecule has 0 bridgehead atoms. The Morgan fingerprint density at radius 2 is 1.68 bits per heavy atom. The molecule has 116 valence electrons. The third kappa shape index (κ3) is 3.01. The van der Waals surface area contributed by atoms with Gasteiger partial charge in [0.05, 0.1) is 10.0 Å². The van der Waals surface area contributed by atoms with E-state index in [1.165, 1.54) is 17.7 Å². The molecule has 0 saturated carbocycles. The fraction of sp³-hybridized carbons (Fsp3) is 0.250. The van der Waals surface area contributed by atoms with Gasteiger partial charge >= 0.3 is 0 Å². The minimum Gasteiger partial charge on any atom is -0.207 e. The maximum Gasteiger partial charge on any atom is 0.244 e. The van der Waals surface area contributed by atoms with Crippen molar-refractivity contribution in [3.63, 3.8) is 0 Å². The molecule has 0 amide bonds. The lowest BCUT2D eigenvalue weighted by atomic mass is 9.88. The van der Waals surface area contributed by atoms with E-state index in [0.717, 1.165) is 24.8 Å². The van der Waals surface area contributed by atoms with Crippen molar-refractivity contribution in [1.82, 2.24) is 4.72 Å². The van der Waals surface area contributed by atoms with E-state index in [4.69, 9.17) is 23.2 Å². The zero-order valence-electron chi connectivity index (χ0n) is 11.7. The van der Waals surface area contributed by atoms with Crippen LogP contribution in [0.4, 0.5) is 0 Å². The van der Waals surface area contributed by atoms with Gasteiger partial charge in [0.15, 0.2) is 0 Å². The summed E-state index contributed by atoms with van der Waals surface area (Å²) in [4.78, 5) is -0.0543. The Balaban J connectivity index is 1.97. The van der Waals surface area contributed by atoms with Crippen LogP contribution in [0.3, 0.4) is 0 Å². The van der Waals surface area contributed by atoms with Crippen LogP contribution in [0.1, 0.15) is 30.0 Å². The average Bonchev–Trinajstić information content (AvgIpc) is 2.47. The normalized spacial score (nSPS) is 18.0. The first-order valence-corrected chi connectivity index (χ1v) is 9.27. The van der Waals surface area contributed by atoms with Gasteiger partial charge in [0.2, 0.25) is 10.0 Å². The summed E-state index contributed by atoms with van der Waals surface area (Å²) in [5.41, 5.74) is 2.22. The standard InChI is InChI=1S/C16H15Cl2NO2S/c17-13-8-4-9-14(18)16(13)22(20,21)19-15-10-3-6-11-5-1-2-7-12(11)15/h1-2,4-5,7-9,15,19H,3,6,10H2/t15-/m0/s1. The number of benzene rings is 2. The lowest BCUT2D eigenvalue weighted by molar-refractivity contribution is 0.507. The molecule has 0 aliphatic heterocycles. The molecule has 22 heavy (non-hydrogen) atoms. The van der Waals surface area contributed by atoms with E-state index in [1.54, 1.807) is 6.07 Å². The van der Waals surface area contributed by atoms with Gasteiger partial charge in [-0.1, -0.05) is 53.5 Å². The van der Waals surface area contributed by atoms with E-state index in [1.807, 2.05) is 24.3 Å². The van der Waals surface area contributed by atoms with Crippen LogP contribution in [0.25, 0.3) is 0 Å². The average molecular weight is 356 g/mol. The van der Waals surface area contributed by atoms with E-state index < -0.39 is 10.0 Å². The Kier molecular flexibility index (Phi) is 4.46. The van der Waals surface area contributed by atoms with Crippen LogP contribution in [0, 0.1) is 0 Å². The van der Waals surface area contributed by atoms with Gasteiger partial charge in [-0.25, -0.2) is 13.1 Å². The minimum atomic E-state index is -3.78. The largest absolute Gasteiger partial charge is 0.244 e. The quantitative estimate of drug-likeness (QED) is 0.889. The fourth-order valence-electron chi connectivity index (χ4n) is 2.86. The SMILES string of the molecule is O=S(=O)(N[C@H]1CCCc2ccccc21)c1c(Cl)cccc1Cl. The zero-order chi connectivity index (χ0) is 15.7. The molecule has 0 unspecified atom stereocenters. The maximum absolute atomic E-state index is 12.7. The van der Waals surface area contributed by atoms with Gasteiger partial charge < -0.3 is 0 Å². The van der Waals surface area contributed by atoms with Crippen LogP contribution in [0.15, 0.2) is 47.4 Å². The van der Waals surface area contributed by atoms with Crippen molar-refractivity contribution in [3.05, 3.63) is 63.6 Å². The number of hydrogen-bond donors (Lipinski definition) is 1. The molecule has 2 aromatic rings. The summed E-state index contributed by atoms with van der Waals surface area (Å²) < 4.78 is 28.1. The number of fused-ring (bicyclic) bond motifs is 1. The second-order valence-corrected chi connectivity index (χ2v) is 7.78. The Labute approximate surface area is 140 Å². The van der Waals surface area contributed by atoms with E-state index >= 15 is 0 Å². The van der Waals surface area contributed by atoms with Gasteiger partial charge in [-0.15, -0.1) is 0 Å². The number of hydrogen-bond acceptors (Lipinski definition) is 2. The van der Waals surface area contributed by atoms with Crippen molar-refractivity contribution in [2.45, 2.75) is 30.2 Å². The zero-order valence-corrected chi connectivity index (χ0v) is 14.0. The molecular weight excluding hydrogens is 341 g/mol. The second-order valence-electron chi connectivity index (χ2n) is 5.32. The topological polar surface area (TPSA) is 46.2 Å². The van der Waals surface area contributed by atoms with Gasteiger partial charge in [-0.2, -0.15) is 0 Å². The van der Waals surface area contributed by atoms with E-state index in [0.29, 0.717) is 0 Å². The van der Waals surface area contributed by atoms with Crippen molar-refractivity contribution in [2.75, 3.05) is 0 Å². The minimum absolute atomic E-state index is 0.0543. The highest BCUT2D eigenvalue weighted by atomic mass is 35.5. The number of halogens is 2. The van der Waals surface area contributed by atoms with E-state index in [2.05, 4.69) is 4.72 Å². The summed E-state index contributed by atoms with van der Waals surface area (Å²) in [6, 6.07) is 12.3. The molecule has 1 aliphatic rings. The van der Waals surface area contributed by atoms with Gasteiger partial charge in [-0.3, -0.25) is 0 Å². The van der Waals surface area contributed by atoms with Crippen LogP contribution in [-0.2, 0) is 16.4 Å². The first-order chi connectivity index (χ1) is 10.5. The molecule has 1 atom stereocenters. The first-order valence-electron chi connectivity index (χ1n) is 7.03. The third-order valence-corrected chi connectivity index (χ3v) is 6.28. The van der Waals surface area contributed by atoms with Gasteiger partial charge in [-0.05, 0) is 42.5 Å². The number of aryl methyl sites for hydroxylation is 1. The Bertz CT molecular complexity index is 785. The third-order valence-electron chi connectivity index (χ3n) is 3.85. The highest BCUT2D eigenvalue weighted by Gasteiger charge is 2.28. The maximum atomic E-state index is 12.7. The first kappa shape index (κ1) is 15.8. The molecule has 3 nitrogen and oxygen atoms in total. The van der Waals surface area contributed by atoms with Gasteiger partial charge in [0.1, 0.15) is 4.90 Å². The predicted molar refractivity (Wildman–Crippen MR) is 88.9 cm³/mol. The summed E-state index contributed by atoms with van der Waals surface area (Å²) >= 11 is 12.1. The number of sulfonamides is 1. The van der Waals surface area contributed by atoms with Gasteiger partial charge in [0.25, 0.3) is 0 Å². The smallest absolute Gasteiger partial charge is 0.207 e.